The van der Waals surface area contributed by atoms with Crippen LogP contribution in [0.4, 0.5) is 0 Å². The normalized spacial score (nSPS) is 21.4. The Balaban J connectivity index is 1.94. The number of aryl methyl sites for hydroxylation is 1. The van der Waals surface area contributed by atoms with Crippen molar-refractivity contribution in [2.45, 2.75) is 44.7 Å². The lowest BCUT2D eigenvalue weighted by atomic mass is 9.94. The molecule has 1 saturated carbocycles. The number of aliphatic hydroxyl groups excluding tert-OH is 1. The molecule has 1 unspecified atom stereocenters. The zero-order valence-corrected chi connectivity index (χ0v) is 17.1. The molecule has 2 aliphatic rings. The molecule has 0 aromatic heterocycles. The van der Waals surface area contributed by atoms with E-state index < -0.39 is 17.7 Å². The standard InChI is InChI=1S/C24H25NO5/c1-14-10-11-19(30-2)18(12-14)22(27)20-21(15-6-5-9-17(26)13-15)25(24(29)23(20)28)16-7-3-4-8-16/h5-6,9-13,16,21,26-27H,3-4,7-8H2,1-2H3/b22-20+. The Morgan fingerprint density at radius 3 is 2.50 bits per heavy atom. The van der Waals surface area contributed by atoms with Crippen LogP contribution in [0.1, 0.15) is 48.4 Å². The van der Waals surface area contributed by atoms with Crippen LogP contribution in [0, 0.1) is 6.92 Å². The first kappa shape index (κ1) is 20.0. The van der Waals surface area contributed by atoms with Crippen LogP contribution in [0.15, 0.2) is 48.0 Å². The van der Waals surface area contributed by atoms with Gasteiger partial charge in [0, 0.05) is 6.04 Å². The van der Waals surface area contributed by atoms with Crippen LogP contribution < -0.4 is 4.74 Å². The molecule has 1 atom stereocenters. The first-order valence-corrected chi connectivity index (χ1v) is 10.2. The van der Waals surface area contributed by atoms with E-state index in [1.165, 1.54) is 13.2 Å². The fraction of sp³-hybridized carbons (Fsp3) is 0.333. The third-order valence-electron chi connectivity index (χ3n) is 5.99. The highest BCUT2D eigenvalue weighted by Gasteiger charge is 2.49. The number of phenolic OH excluding ortho intramolecular Hbond substituents is 1. The maximum atomic E-state index is 13.1. The topological polar surface area (TPSA) is 87.1 Å². The fourth-order valence-electron chi connectivity index (χ4n) is 4.58. The van der Waals surface area contributed by atoms with Gasteiger partial charge in [0.05, 0.1) is 24.3 Å². The molecule has 0 radical (unpaired) electrons. The Labute approximate surface area is 175 Å². The van der Waals surface area contributed by atoms with E-state index in [0.717, 1.165) is 31.2 Å². The van der Waals surface area contributed by atoms with Gasteiger partial charge in [0.15, 0.2) is 0 Å². The predicted octanol–water partition coefficient (Wildman–Crippen LogP) is 4.07. The summed E-state index contributed by atoms with van der Waals surface area (Å²) in [4.78, 5) is 27.8. The van der Waals surface area contributed by atoms with Crippen LogP contribution in [-0.2, 0) is 9.59 Å². The number of methoxy groups -OCH3 is 1. The van der Waals surface area contributed by atoms with Crippen LogP contribution in [0.5, 0.6) is 11.5 Å². The molecule has 6 nitrogen and oxygen atoms in total. The summed E-state index contributed by atoms with van der Waals surface area (Å²) in [5, 5.41) is 21.3. The van der Waals surface area contributed by atoms with Gasteiger partial charge in [0.25, 0.3) is 11.7 Å². The average molecular weight is 407 g/mol. The van der Waals surface area contributed by atoms with E-state index in [1.54, 1.807) is 35.2 Å². The first-order valence-electron chi connectivity index (χ1n) is 10.2. The number of aromatic hydroxyl groups is 1. The molecule has 0 spiro atoms. The highest BCUT2D eigenvalue weighted by atomic mass is 16.5. The average Bonchev–Trinajstić information content (AvgIpc) is 3.34. The summed E-state index contributed by atoms with van der Waals surface area (Å²) in [5.74, 6) is -1.13. The van der Waals surface area contributed by atoms with Crippen molar-refractivity contribution in [1.29, 1.82) is 0 Å². The SMILES string of the molecule is COc1ccc(C)cc1/C(O)=C1\C(=O)C(=O)N(C2CCCC2)C1c1cccc(O)c1. The number of likely N-dealkylation sites (tertiary alicyclic amines) is 1. The minimum absolute atomic E-state index is 0.0291. The van der Waals surface area contributed by atoms with Crippen LogP contribution in [0.25, 0.3) is 5.76 Å². The molecule has 2 aromatic rings. The van der Waals surface area contributed by atoms with E-state index in [4.69, 9.17) is 4.74 Å². The number of ether oxygens (including phenoxy) is 1. The van der Waals surface area contributed by atoms with Crippen molar-refractivity contribution in [2.75, 3.05) is 7.11 Å². The zero-order chi connectivity index (χ0) is 21.4. The Kier molecular flexibility index (Phi) is 5.24. The van der Waals surface area contributed by atoms with Crippen LogP contribution in [0.2, 0.25) is 0 Å². The third-order valence-corrected chi connectivity index (χ3v) is 5.99. The van der Waals surface area contributed by atoms with E-state index in [0.29, 0.717) is 16.9 Å². The van der Waals surface area contributed by atoms with Gasteiger partial charge in [0.2, 0.25) is 0 Å². The summed E-state index contributed by atoms with van der Waals surface area (Å²) in [5.41, 5.74) is 1.87. The molecule has 1 amide bonds. The second-order valence-corrected chi connectivity index (χ2v) is 7.94. The lowest BCUT2D eigenvalue weighted by molar-refractivity contribution is -0.141. The molecule has 1 heterocycles. The molecule has 2 fully saturated rings. The lowest BCUT2D eigenvalue weighted by Crippen LogP contribution is -2.37. The molecule has 6 heteroatoms. The Bertz CT molecular complexity index is 1040. The van der Waals surface area contributed by atoms with E-state index in [1.807, 2.05) is 13.0 Å². The zero-order valence-electron chi connectivity index (χ0n) is 17.1. The Hall–Kier alpha value is -3.28. The van der Waals surface area contributed by atoms with Crippen molar-refractivity contribution >= 4 is 17.4 Å². The fourth-order valence-corrected chi connectivity index (χ4v) is 4.58. The summed E-state index contributed by atoms with van der Waals surface area (Å²) in [6.45, 7) is 1.88. The number of aliphatic hydroxyl groups is 1. The van der Waals surface area contributed by atoms with Gasteiger partial charge >= 0.3 is 0 Å². The minimum Gasteiger partial charge on any atom is -0.508 e. The van der Waals surface area contributed by atoms with Crippen LogP contribution >= 0.6 is 0 Å². The number of phenols is 1. The number of hydrogen-bond acceptors (Lipinski definition) is 5. The number of hydrogen-bond donors (Lipinski definition) is 2. The summed E-state index contributed by atoms with van der Waals surface area (Å²) in [6.07, 6.45) is 3.62. The number of nitrogens with zero attached hydrogens (tertiary/aromatic N) is 1. The van der Waals surface area contributed by atoms with Gasteiger partial charge in [-0.1, -0.05) is 36.6 Å². The number of rotatable bonds is 4. The smallest absolute Gasteiger partial charge is 0.295 e. The Morgan fingerprint density at radius 2 is 1.83 bits per heavy atom. The van der Waals surface area contributed by atoms with Gasteiger partial charge in [0.1, 0.15) is 17.3 Å². The van der Waals surface area contributed by atoms with Gasteiger partial charge in [-0.15, -0.1) is 0 Å². The van der Waals surface area contributed by atoms with Crippen molar-refractivity contribution in [3.8, 4) is 11.5 Å². The molecule has 1 saturated heterocycles. The van der Waals surface area contributed by atoms with Gasteiger partial charge in [-0.25, -0.2) is 0 Å². The van der Waals surface area contributed by atoms with E-state index in [2.05, 4.69) is 0 Å². The van der Waals surface area contributed by atoms with E-state index in [-0.39, 0.29) is 23.1 Å². The van der Waals surface area contributed by atoms with Crippen LogP contribution in [0.3, 0.4) is 0 Å². The Morgan fingerprint density at radius 1 is 1.10 bits per heavy atom. The van der Waals surface area contributed by atoms with Crippen molar-refractivity contribution in [2.24, 2.45) is 0 Å². The summed E-state index contributed by atoms with van der Waals surface area (Å²) >= 11 is 0. The number of Topliss-reactive ketones (excluding diaryl/α,β-unsaturated/α-hetero) is 1. The molecule has 4 rings (SSSR count). The second-order valence-electron chi connectivity index (χ2n) is 7.94. The number of ketones is 1. The number of benzene rings is 2. The van der Waals surface area contributed by atoms with Gasteiger partial charge in [-0.05, 0) is 49.6 Å². The van der Waals surface area contributed by atoms with Crippen molar-refractivity contribution < 1.29 is 24.5 Å². The summed E-state index contributed by atoms with van der Waals surface area (Å²) < 4.78 is 5.39. The molecule has 2 N–H and O–H groups in total. The summed E-state index contributed by atoms with van der Waals surface area (Å²) in [6, 6.07) is 11.0. The number of carbonyl (C=O) groups excluding carboxylic acids is 2. The summed E-state index contributed by atoms with van der Waals surface area (Å²) in [7, 11) is 1.49. The quantitative estimate of drug-likeness (QED) is 0.453. The third kappa shape index (κ3) is 3.32. The molecule has 1 aliphatic carbocycles. The monoisotopic (exact) mass is 407 g/mol. The van der Waals surface area contributed by atoms with Crippen molar-refractivity contribution in [1.82, 2.24) is 4.90 Å². The number of carbonyl (C=O) groups is 2. The van der Waals surface area contributed by atoms with Gasteiger partial charge < -0.3 is 19.8 Å². The van der Waals surface area contributed by atoms with Crippen molar-refractivity contribution in [3.05, 3.63) is 64.7 Å². The van der Waals surface area contributed by atoms with Gasteiger partial charge in [-0.3, -0.25) is 9.59 Å². The maximum absolute atomic E-state index is 13.1. The second kappa shape index (κ2) is 7.86. The van der Waals surface area contributed by atoms with Gasteiger partial charge in [-0.2, -0.15) is 0 Å². The van der Waals surface area contributed by atoms with E-state index >= 15 is 0 Å². The van der Waals surface area contributed by atoms with Crippen LogP contribution in [-0.4, -0.2) is 40.0 Å². The molecule has 0 bridgehead atoms. The molecule has 2 aromatic carbocycles. The first-order chi connectivity index (χ1) is 14.4. The van der Waals surface area contributed by atoms with Crippen molar-refractivity contribution in [3.63, 3.8) is 0 Å². The molecular formula is C24H25NO5. The highest BCUT2D eigenvalue weighted by Crippen LogP contribution is 2.44. The lowest BCUT2D eigenvalue weighted by Gasteiger charge is -2.30. The molecular weight excluding hydrogens is 382 g/mol. The molecule has 156 valence electrons. The predicted molar refractivity (Wildman–Crippen MR) is 112 cm³/mol. The largest absolute Gasteiger partial charge is 0.508 e. The highest BCUT2D eigenvalue weighted by molar-refractivity contribution is 6.46. The maximum Gasteiger partial charge on any atom is 0.295 e. The minimum atomic E-state index is -0.759. The molecule has 1 aliphatic heterocycles. The molecule has 30 heavy (non-hydrogen) atoms. The van der Waals surface area contributed by atoms with E-state index in [9.17, 15) is 19.8 Å². The number of amides is 1.